The van der Waals surface area contributed by atoms with Gasteiger partial charge in [-0.15, -0.1) is 0 Å². The average molecular weight is 305 g/mol. The van der Waals surface area contributed by atoms with Crippen molar-refractivity contribution in [2.75, 3.05) is 13.2 Å². The van der Waals surface area contributed by atoms with Crippen LogP contribution in [0.2, 0.25) is 0 Å². The Morgan fingerprint density at radius 3 is 2.27 bits per heavy atom. The molecular weight excluding hydrogens is 274 g/mol. The number of nitrogens with zero attached hydrogens (tertiary/aromatic N) is 1. The summed E-state index contributed by atoms with van der Waals surface area (Å²) in [6, 6.07) is 9.30. The van der Waals surface area contributed by atoms with Gasteiger partial charge in [0, 0.05) is 18.6 Å². The number of hydrogen-bond acceptors (Lipinski definition) is 3. The molecule has 1 aromatic rings. The Labute approximate surface area is 135 Å². The van der Waals surface area contributed by atoms with E-state index in [1.807, 2.05) is 12.1 Å². The number of β-amino-alcohol motifs (C(OH)–C–C–N with tert-alkyl or cyclic N) is 1. The van der Waals surface area contributed by atoms with Crippen molar-refractivity contribution in [2.45, 2.75) is 71.1 Å². The predicted octanol–water partition coefficient (Wildman–Crippen LogP) is 3.81. The zero-order chi connectivity index (χ0) is 16.1. The summed E-state index contributed by atoms with van der Waals surface area (Å²) >= 11 is 0. The highest BCUT2D eigenvalue weighted by Gasteiger charge is 2.26. The summed E-state index contributed by atoms with van der Waals surface area (Å²) in [4.78, 5) is 2.42. The van der Waals surface area contributed by atoms with Crippen LogP contribution in [-0.2, 0) is 0 Å². The largest absolute Gasteiger partial charge is 0.491 e. The minimum absolute atomic E-state index is 0.358. The van der Waals surface area contributed by atoms with Crippen molar-refractivity contribution in [1.29, 1.82) is 0 Å². The number of piperidine rings is 1. The van der Waals surface area contributed by atoms with E-state index in [2.05, 4.69) is 44.7 Å². The molecule has 1 saturated heterocycles. The highest BCUT2D eigenvalue weighted by atomic mass is 16.5. The molecule has 0 spiro atoms. The molecule has 1 heterocycles. The molecule has 0 aromatic heterocycles. The number of aliphatic hydroxyl groups is 1. The van der Waals surface area contributed by atoms with Crippen LogP contribution in [0, 0.1) is 0 Å². The van der Waals surface area contributed by atoms with E-state index in [9.17, 15) is 5.11 Å². The van der Waals surface area contributed by atoms with E-state index in [-0.39, 0.29) is 0 Å². The Balaban J connectivity index is 1.80. The highest BCUT2D eigenvalue weighted by Crippen LogP contribution is 2.23. The van der Waals surface area contributed by atoms with E-state index >= 15 is 0 Å². The SMILES string of the molecule is CC(C)c1ccc(OC[C@@H](O)CN2[C@@H](C)CCC[C@@H]2C)cc1. The first-order chi connectivity index (χ1) is 10.5. The molecule has 1 aliphatic rings. The number of rotatable bonds is 6. The Morgan fingerprint density at radius 1 is 1.14 bits per heavy atom. The van der Waals surface area contributed by atoms with Gasteiger partial charge in [0.2, 0.25) is 0 Å². The van der Waals surface area contributed by atoms with Crippen LogP contribution in [0.15, 0.2) is 24.3 Å². The quantitative estimate of drug-likeness (QED) is 0.867. The standard InChI is InChI=1S/C19H31NO2/c1-14(2)17-8-10-19(11-9-17)22-13-18(21)12-20-15(3)6-5-7-16(20)4/h8-11,14-16,18,21H,5-7,12-13H2,1-4H3/t15-,16-,18-/m0/s1. The maximum atomic E-state index is 10.3. The maximum absolute atomic E-state index is 10.3. The third-order valence-corrected chi connectivity index (χ3v) is 4.79. The molecule has 0 saturated carbocycles. The van der Waals surface area contributed by atoms with E-state index < -0.39 is 6.10 Å². The lowest BCUT2D eigenvalue weighted by atomic mass is 9.97. The lowest BCUT2D eigenvalue weighted by Crippen LogP contribution is -2.48. The van der Waals surface area contributed by atoms with Crippen LogP contribution >= 0.6 is 0 Å². The molecular formula is C19H31NO2. The highest BCUT2D eigenvalue weighted by molar-refractivity contribution is 5.28. The Kier molecular flexibility index (Phi) is 6.27. The average Bonchev–Trinajstić information content (AvgIpc) is 2.49. The van der Waals surface area contributed by atoms with Crippen LogP contribution in [0.4, 0.5) is 0 Å². The van der Waals surface area contributed by atoms with Gasteiger partial charge in [0.05, 0.1) is 0 Å². The number of benzene rings is 1. The van der Waals surface area contributed by atoms with E-state index in [1.165, 1.54) is 24.8 Å². The fourth-order valence-corrected chi connectivity index (χ4v) is 3.27. The molecule has 3 atom stereocenters. The van der Waals surface area contributed by atoms with Crippen molar-refractivity contribution in [1.82, 2.24) is 4.90 Å². The summed E-state index contributed by atoms with van der Waals surface area (Å²) in [5, 5.41) is 10.3. The van der Waals surface area contributed by atoms with Gasteiger partial charge in [0.15, 0.2) is 0 Å². The Morgan fingerprint density at radius 2 is 1.73 bits per heavy atom. The van der Waals surface area contributed by atoms with Crippen LogP contribution in [0.1, 0.15) is 58.4 Å². The minimum Gasteiger partial charge on any atom is -0.491 e. The van der Waals surface area contributed by atoms with Gasteiger partial charge >= 0.3 is 0 Å². The first-order valence-corrected chi connectivity index (χ1v) is 8.64. The summed E-state index contributed by atoms with van der Waals surface area (Å²) < 4.78 is 5.74. The van der Waals surface area contributed by atoms with Crippen molar-refractivity contribution in [2.24, 2.45) is 0 Å². The molecule has 1 aromatic carbocycles. The summed E-state index contributed by atoms with van der Waals surface area (Å²) in [7, 11) is 0. The molecule has 124 valence electrons. The van der Waals surface area contributed by atoms with E-state index in [0.717, 1.165) is 5.75 Å². The van der Waals surface area contributed by atoms with Crippen LogP contribution in [0.3, 0.4) is 0 Å². The van der Waals surface area contributed by atoms with Crippen LogP contribution in [-0.4, -0.2) is 41.3 Å². The fourth-order valence-electron chi connectivity index (χ4n) is 3.27. The van der Waals surface area contributed by atoms with Crippen molar-refractivity contribution in [3.63, 3.8) is 0 Å². The van der Waals surface area contributed by atoms with Gasteiger partial charge in [-0.2, -0.15) is 0 Å². The van der Waals surface area contributed by atoms with Gasteiger partial charge in [-0.05, 0) is 50.3 Å². The molecule has 1 aliphatic heterocycles. The van der Waals surface area contributed by atoms with Gasteiger partial charge in [0.1, 0.15) is 18.5 Å². The van der Waals surface area contributed by atoms with Gasteiger partial charge in [-0.3, -0.25) is 4.90 Å². The first-order valence-electron chi connectivity index (χ1n) is 8.64. The molecule has 3 heteroatoms. The van der Waals surface area contributed by atoms with Crippen molar-refractivity contribution >= 4 is 0 Å². The normalized spacial score (nSPS) is 24.5. The van der Waals surface area contributed by atoms with Crippen LogP contribution < -0.4 is 4.74 Å². The summed E-state index contributed by atoms with van der Waals surface area (Å²) in [6.07, 6.45) is 3.32. The monoisotopic (exact) mass is 305 g/mol. The molecule has 1 N–H and O–H groups in total. The van der Waals surface area contributed by atoms with E-state index in [4.69, 9.17) is 4.74 Å². The Bertz CT molecular complexity index is 433. The van der Waals surface area contributed by atoms with Crippen molar-refractivity contribution < 1.29 is 9.84 Å². The van der Waals surface area contributed by atoms with Crippen LogP contribution in [0.25, 0.3) is 0 Å². The zero-order valence-electron chi connectivity index (χ0n) is 14.5. The molecule has 0 aliphatic carbocycles. The molecule has 3 nitrogen and oxygen atoms in total. The number of aliphatic hydroxyl groups excluding tert-OH is 1. The number of ether oxygens (including phenoxy) is 1. The van der Waals surface area contributed by atoms with Gasteiger partial charge in [-0.25, -0.2) is 0 Å². The second-order valence-corrected chi connectivity index (χ2v) is 7.01. The van der Waals surface area contributed by atoms with Gasteiger partial charge in [-0.1, -0.05) is 32.4 Å². The molecule has 0 bridgehead atoms. The zero-order valence-corrected chi connectivity index (χ0v) is 14.5. The molecule has 22 heavy (non-hydrogen) atoms. The third-order valence-electron chi connectivity index (χ3n) is 4.79. The number of likely N-dealkylation sites (tertiary alicyclic amines) is 1. The summed E-state index contributed by atoms with van der Waals surface area (Å²) in [6.45, 7) is 9.94. The van der Waals surface area contributed by atoms with Gasteiger partial charge in [0.25, 0.3) is 0 Å². The lowest BCUT2D eigenvalue weighted by Gasteiger charge is -2.40. The smallest absolute Gasteiger partial charge is 0.119 e. The first kappa shape index (κ1) is 17.3. The van der Waals surface area contributed by atoms with Crippen molar-refractivity contribution in [3.05, 3.63) is 29.8 Å². The van der Waals surface area contributed by atoms with E-state index in [0.29, 0.717) is 31.2 Å². The molecule has 0 unspecified atom stereocenters. The van der Waals surface area contributed by atoms with E-state index in [1.54, 1.807) is 0 Å². The molecule has 0 radical (unpaired) electrons. The van der Waals surface area contributed by atoms with Gasteiger partial charge < -0.3 is 9.84 Å². The summed E-state index contributed by atoms with van der Waals surface area (Å²) in [5.74, 6) is 1.37. The van der Waals surface area contributed by atoms with Crippen LogP contribution in [0.5, 0.6) is 5.75 Å². The summed E-state index contributed by atoms with van der Waals surface area (Å²) in [5.41, 5.74) is 1.31. The molecule has 2 rings (SSSR count). The fraction of sp³-hybridized carbons (Fsp3) is 0.684. The third kappa shape index (κ3) is 4.72. The predicted molar refractivity (Wildman–Crippen MR) is 91.5 cm³/mol. The topological polar surface area (TPSA) is 32.7 Å². The second kappa shape index (κ2) is 7.98. The molecule has 1 fully saturated rings. The Hall–Kier alpha value is -1.06. The lowest BCUT2D eigenvalue weighted by molar-refractivity contribution is 0.0209. The minimum atomic E-state index is -0.437. The number of hydrogen-bond donors (Lipinski definition) is 1. The molecule has 0 amide bonds. The van der Waals surface area contributed by atoms with Crippen molar-refractivity contribution in [3.8, 4) is 5.75 Å². The second-order valence-electron chi connectivity index (χ2n) is 7.01. The maximum Gasteiger partial charge on any atom is 0.119 e.